The highest BCUT2D eigenvalue weighted by Gasteiger charge is 2.24. The van der Waals surface area contributed by atoms with Crippen molar-refractivity contribution >= 4 is 18.3 Å². The third-order valence-corrected chi connectivity index (χ3v) is 5.79. The first-order chi connectivity index (χ1) is 12.8. The molecule has 3 heterocycles. The van der Waals surface area contributed by atoms with Crippen LogP contribution >= 0.6 is 12.4 Å². The van der Waals surface area contributed by atoms with Crippen molar-refractivity contribution in [3.05, 3.63) is 53.9 Å². The number of benzene rings is 1. The van der Waals surface area contributed by atoms with Gasteiger partial charge in [-0.25, -0.2) is 0 Å². The molecule has 146 valence electrons. The quantitative estimate of drug-likeness (QED) is 0.875. The largest absolute Gasteiger partial charge is 0.341 e. The van der Waals surface area contributed by atoms with Crippen LogP contribution in [0.15, 0.2) is 42.6 Å². The van der Waals surface area contributed by atoms with Crippen molar-refractivity contribution in [1.82, 2.24) is 20.0 Å². The summed E-state index contributed by atoms with van der Waals surface area (Å²) in [5.74, 6) is 1.25. The molecular formula is C21H29ClN4O. The molecule has 5 nitrogen and oxygen atoms in total. The van der Waals surface area contributed by atoms with Crippen molar-refractivity contribution in [2.45, 2.75) is 44.1 Å². The van der Waals surface area contributed by atoms with E-state index in [1.54, 1.807) is 0 Å². The number of nitrogens with one attached hydrogen (secondary N) is 1. The number of rotatable bonds is 4. The molecule has 1 N–H and O–H groups in total. The minimum atomic E-state index is 0. The molecule has 2 aliphatic heterocycles. The zero-order valence-corrected chi connectivity index (χ0v) is 16.5. The fourth-order valence-electron chi connectivity index (χ4n) is 4.21. The van der Waals surface area contributed by atoms with Gasteiger partial charge >= 0.3 is 0 Å². The molecule has 1 atom stereocenters. The first-order valence-electron chi connectivity index (χ1n) is 9.86. The number of piperidine rings is 2. The second-order valence-electron chi connectivity index (χ2n) is 7.55. The molecular weight excluding hydrogens is 360 g/mol. The van der Waals surface area contributed by atoms with Gasteiger partial charge < -0.3 is 10.2 Å². The third kappa shape index (κ3) is 4.90. The molecule has 1 unspecified atom stereocenters. The smallest absolute Gasteiger partial charge is 0.244 e. The zero-order valence-electron chi connectivity index (χ0n) is 15.7. The van der Waals surface area contributed by atoms with Gasteiger partial charge in [-0.05, 0) is 49.8 Å². The van der Waals surface area contributed by atoms with Crippen LogP contribution < -0.4 is 5.32 Å². The van der Waals surface area contributed by atoms with Gasteiger partial charge in [0, 0.05) is 31.7 Å². The molecule has 1 amide bonds. The Morgan fingerprint density at radius 1 is 1.07 bits per heavy atom. The number of nitrogens with zero attached hydrogens (tertiary/aromatic N) is 3. The Morgan fingerprint density at radius 3 is 2.56 bits per heavy atom. The number of carbonyl (C=O) groups is 1. The molecule has 0 aliphatic carbocycles. The van der Waals surface area contributed by atoms with E-state index in [-0.39, 0.29) is 18.3 Å². The maximum absolute atomic E-state index is 12.6. The topological polar surface area (TPSA) is 50.2 Å². The normalized spacial score (nSPS) is 20.9. The second-order valence-corrected chi connectivity index (χ2v) is 7.55. The van der Waals surface area contributed by atoms with E-state index in [1.165, 1.54) is 18.4 Å². The van der Waals surface area contributed by atoms with Crippen LogP contribution in [0.5, 0.6) is 0 Å². The average molecular weight is 389 g/mol. The summed E-state index contributed by atoms with van der Waals surface area (Å²) in [7, 11) is 0. The fraction of sp³-hybridized carbons (Fsp3) is 0.524. The minimum absolute atomic E-state index is 0. The van der Waals surface area contributed by atoms with Crippen molar-refractivity contribution in [2.24, 2.45) is 0 Å². The molecule has 4 rings (SSSR count). The van der Waals surface area contributed by atoms with Crippen LogP contribution in [-0.2, 0) is 11.3 Å². The maximum atomic E-state index is 12.6. The monoisotopic (exact) mass is 388 g/mol. The Bertz CT molecular complexity index is 719. The van der Waals surface area contributed by atoms with Crippen molar-refractivity contribution < 1.29 is 4.79 Å². The van der Waals surface area contributed by atoms with E-state index in [0.29, 0.717) is 18.4 Å². The molecule has 0 radical (unpaired) electrons. The first-order valence-corrected chi connectivity index (χ1v) is 9.86. The van der Waals surface area contributed by atoms with Crippen molar-refractivity contribution in [3.8, 4) is 0 Å². The molecule has 6 heteroatoms. The molecule has 1 aromatic heterocycles. The van der Waals surface area contributed by atoms with Crippen LogP contribution in [0, 0.1) is 0 Å². The van der Waals surface area contributed by atoms with Gasteiger partial charge in [0.05, 0.1) is 5.69 Å². The summed E-state index contributed by atoms with van der Waals surface area (Å²) in [4.78, 5) is 14.7. The van der Waals surface area contributed by atoms with Crippen LogP contribution in [0.1, 0.15) is 48.8 Å². The van der Waals surface area contributed by atoms with Gasteiger partial charge in [0.2, 0.25) is 5.91 Å². The lowest BCUT2D eigenvalue weighted by molar-refractivity contribution is -0.133. The van der Waals surface area contributed by atoms with E-state index < -0.39 is 0 Å². The lowest BCUT2D eigenvalue weighted by Gasteiger charge is -2.32. The number of amides is 1. The molecule has 1 aromatic carbocycles. The van der Waals surface area contributed by atoms with E-state index in [0.717, 1.165) is 44.7 Å². The van der Waals surface area contributed by atoms with Gasteiger partial charge in [-0.15, -0.1) is 12.4 Å². The third-order valence-electron chi connectivity index (χ3n) is 5.79. The van der Waals surface area contributed by atoms with Crippen molar-refractivity contribution in [1.29, 1.82) is 0 Å². The van der Waals surface area contributed by atoms with Crippen molar-refractivity contribution in [2.75, 3.05) is 26.2 Å². The number of hydrogen-bond acceptors (Lipinski definition) is 3. The Kier molecular flexibility index (Phi) is 6.91. The molecule has 2 aliphatic rings. The van der Waals surface area contributed by atoms with Crippen LogP contribution in [0.4, 0.5) is 0 Å². The Labute approximate surface area is 167 Å². The van der Waals surface area contributed by atoms with Gasteiger partial charge in [-0.3, -0.25) is 9.48 Å². The van der Waals surface area contributed by atoms with Gasteiger partial charge in [-0.1, -0.05) is 30.3 Å². The molecule has 0 bridgehead atoms. The number of likely N-dealkylation sites (tertiary alicyclic amines) is 1. The molecule has 2 saturated heterocycles. The minimum Gasteiger partial charge on any atom is -0.341 e. The summed E-state index contributed by atoms with van der Waals surface area (Å²) in [6.07, 6.45) is 6.44. The summed E-state index contributed by atoms with van der Waals surface area (Å²) >= 11 is 0. The van der Waals surface area contributed by atoms with Crippen LogP contribution in [0.2, 0.25) is 0 Å². The van der Waals surface area contributed by atoms with E-state index in [1.807, 2.05) is 15.8 Å². The Hall–Kier alpha value is -1.85. The highest BCUT2D eigenvalue weighted by molar-refractivity contribution is 5.85. The molecule has 0 spiro atoms. The Morgan fingerprint density at radius 2 is 1.85 bits per heavy atom. The number of hydrogen-bond donors (Lipinski definition) is 1. The van der Waals surface area contributed by atoms with E-state index >= 15 is 0 Å². The maximum Gasteiger partial charge on any atom is 0.244 e. The second kappa shape index (κ2) is 9.38. The standard InChI is InChI=1S/C21H28N4O.ClH/c26-21(16-25-14-10-20(23-25)19-7-4-11-22-15-19)24-12-8-18(9-13-24)17-5-2-1-3-6-17;/h1-3,5-6,10,14,18-19,22H,4,7-9,11-13,15-16H2;1H. The number of halogens is 1. The van der Waals surface area contributed by atoms with E-state index in [4.69, 9.17) is 0 Å². The molecule has 2 aromatic rings. The SMILES string of the molecule is Cl.O=C(Cn1ccc(C2CCCNC2)n1)N1CCC(c2ccccc2)CC1. The predicted octanol–water partition coefficient (Wildman–Crippen LogP) is 3.18. The lowest BCUT2D eigenvalue weighted by Crippen LogP contribution is -2.39. The summed E-state index contributed by atoms with van der Waals surface area (Å²) in [5.41, 5.74) is 2.52. The van der Waals surface area contributed by atoms with Crippen LogP contribution in [-0.4, -0.2) is 46.8 Å². The van der Waals surface area contributed by atoms with Gasteiger partial charge in [0.1, 0.15) is 6.54 Å². The van der Waals surface area contributed by atoms with Crippen molar-refractivity contribution in [3.63, 3.8) is 0 Å². The predicted molar refractivity (Wildman–Crippen MR) is 109 cm³/mol. The summed E-state index contributed by atoms with van der Waals surface area (Å²) in [6.45, 7) is 4.15. The van der Waals surface area contributed by atoms with Gasteiger partial charge in [-0.2, -0.15) is 5.10 Å². The van der Waals surface area contributed by atoms with Gasteiger partial charge in [0.15, 0.2) is 0 Å². The Balaban J connectivity index is 0.00000210. The summed E-state index contributed by atoms with van der Waals surface area (Å²) < 4.78 is 1.82. The van der Waals surface area contributed by atoms with Crippen LogP contribution in [0.25, 0.3) is 0 Å². The molecule has 2 fully saturated rings. The highest BCUT2D eigenvalue weighted by atomic mass is 35.5. The summed E-state index contributed by atoms with van der Waals surface area (Å²) in [6, 6.07) is 12.7. The fourth-order valence-corrected chi connectivity index (χ4v) is 4.21. The highest BCUT2D eigenvalue weighted by Crippen LogP contribution is 2.28. The van der Waals surface area contributed by atoms with E-state index in [9.17, 15) is 4.79 Å². The van der Waals surface area contributed by atoms with Crippen LogP contribution in [0.3, 0.4) is 0 Å². The lowest BCUT2D eigenvalue weighted by atomic mass is 9.89. The average Bonchev–Trinajstić information content (AvgIpc) is 3.18. The zero-order chi connectivity index (χ0) is 17.8. The van der Waals surface area contributed by atoms with E-state index in [2.05, 4.69) is 46.8 Å². The molecule has 27 heavy (non-hydrogen) atoms. The van der Waals surface area contributed by atoms with Gasteiger partial charge in [0.25, 0.3) is 0 Å². The summed E-state index contributed by atoms with van der Waals surface area (Å²) in [5, 5.41) is 8.09. The number of aromatic nitrogens is 2. The first kappa shape index (κ1) is 19.9. The molecule has 0 saturated carbocycles. The number of carbonyl (C=O) groups excluding carboxylic acids is 1.